The number of hydrogen-bond acceptors (Lipinski definition) is 3. The van der Waals surface area contributed by atoms with Gasteiger partial charge in [-0.25, -0.2) is 21.6 Å². The molecule has 0 bridgehead atoms. The highest BCUT2D eigenvalue weighted by Crippen LogP contribution is 2.29. The number of halogens is 3. The molecule has 1 N–H and O–H groups in total. The summed E-state index contributed by atoms with van der Waals surface area (Å²) in [5.41, 5.74) is 0.0720. The second-order valence-corrected chi connectivity index (χ2v) is 6.73. The van der Waals surface area contributed by atoms with Gasteiger partial charge in [-0.15, -0.1) is 0 Å². The van der Waals surface area contributed by atoms with Crippen molar-refractivity contribution < 1.29 is 26.3 Å². The van der Waals surface area contributed by atoms with Crippen LogP contribution in [0.3, 0.4) is 0 Å². The van der Waals surface area contributed by atoms with Gasteiger partial charge in [0, 0.05) is 0 Å². The summed E-state index contributed by atoms with van der Waals surface area (Å²) in [6.07, 6.45) is 1.43. The maximum atomic E-state index is 13.6. The monoisotopic (exact) mass is 343 g/mol. The maximum Gasteiger partial charge on any atom is 0.262 e. The van der Waals surface area contributed by atoms with Crippen LogP contribution in [0.2, 0.25) is 0 Å². The van der Waals surface area contributed by atoms with Gasteiger partial charge in [0.1, 0.15) is 5.75 Å². The zero-order chi connectivity index (χ0) is 16.6. The molecule has 0 atom stereocenters. The minimum atomic E-state index is -4.13. The van der Waals surface area contributed by atoms with Gasteiger partial charge in [0.05, 0.1) is 17.2 Å². The molecule has 0 radical (unpaired) electrons. The molecule has 2 aromatic rings. The predicted molar refractivity (Wildman–Crippen MR) is 77.4 cm³/mol. The Bertz CT molecular complexity index is 869. The number of nitrogens with one attached hydrogen (secondary N) is 1. The molecule has 0 aromatic heterocycles. The molecule has 0 saturated heterocycles. The molecule has 0 amide bonds. The first kappa shape index (κ1) is 15.7. The summed E-state index contributed by atoms with van der Waals surface area (Å²) in [5, 5.41) is 0. The van der Waals surface area contributed by atoms with Crippen LogP contribution in [0.5, 0.6) is 5.75 Å². The smallest absolute Gasteiger partial charge is 0.262 e. The number of fused-ring (bicyclic) bond motifs is 1. The van der Waals surface area contributed by atoms with Gasteiger partial charge in [0.25, 0.3) is 10.0 Å². The zero-order valence-electron chi connectivity index (χ0n) is 11.8. The van der Waals surface area contributed by atoms with Gasteiger partial charge in [-0.1, -0.05) is 0 Å². The third-order valence-corrected chi connectivity index (χ3v) is 4.83. The zero-order valence-corrected chi connectivity index (χ0v) is 12.6. The van der Waals surface area contributed by atoms with Crippen molar-refractivity contribution in [2.24, 2.45) is 0 Å². The van der Waals surface area contributed by atoms with Crippen LogP contribution in [0.1, 0.15) is 12.0 Å². The van der Waals surface area contributed by atoms with Crippen molar-refractivity contribution in [3.05, 3.63) is 53.3 Å². The summed E-state index contributed by atoms with van der Waals surface area (Å²) in [6, 6.07) is 5.73. The standard InChI is InChI=1S/C15H12F3NO3S/c16-11-4-5-12(15(18)14(11)17)19-23(20,21)10-3-6-13-9(8-10)2-1-7-22-13/h3-6,8,19H,1-2,7H2. The molecule has 1 aliphatic heterocycles. The fraction of sp³-hybridized carbons (Fsp3) is 0.200. The van der Waals surface area contributed by atoms with E-state index in [9.17, 15) is 21.6 Å². The first-order chi connectivity index (χ1) is 10.9. The summed E-state index contributed by atoms with van der Waals surface area (Å²) in [4.78, 5) is -0.106. The predicted octanol–water partition coefficient (Wildman–Crippen LogP) is 3.23. The van der Waals surface area contributed by atoms with E-state index in [1.165, 1.54) is 18.2 Å². The summed E-state index contributed by atoms with van der Waals surface area (Å²) in [5.74, 6) is -4.11. The summed E-state index contributed by atoms with van der Waals surface area (Å²) in [7, 11) is -4.13. The lowest BCUT2D eigenvalue weighted by molar-refractivity contribution is 0.288. The highest BCUT2D eigenvalue weighted by atomic mass is 32.2. The fourth-order valence-corrected chi connectivity index (χ4v) is 3.42. The SMILES string of the molecule is O=S(=O)(Nc1ccc(F)c(F)c1F)c1ccc2c(c1)CCCO2. The third-order valence-electron chi connectivity index (χ3n) is 3.47. The van der Waals surface area contributed by atoms with E-state index in [1.54, 1.807) is 0 Å². The normalized spacial score (nSPS) is 14.0. The largest absolute Gasteiger partial charge is 0.493 e. The van der Waals surface area contributed by atoms with Crippen LogP contribution in [0.4, 0.5) is 18.9 Å². The molecule has 23 heavy (non-hydrogen) atoms. The van der Waals surface area contributed by atoms with Gasteiger partial charge in [0.15, 0.2) is 17.5 Å². The Kier molecular flexibility index (Phi) is 3.93. The van der Waals surface area contributed by atoms with Crippen LogP contribution in [0, 0.1) is 17.5 Å². The quantitative estimate of drug-likeness (QED) is 0.871. The minimum absolute atomic E-state index is 0.106. The molecule has 0 aliphatic carbocycles. The molecule has 0 fully saturated rings. The second kappa shape index (κ2) is 5.77. The molecular weight excluding hydrogens is 331 g/mol. The van der Waals surface area contributed by atoms with Crippen molar-refractivity contribution in [3.63, 3.8) is 0 Å². The van der Waals surface area contributed by atoms with Crippen molar-refractivity contribution in [1.29, 1.82) is 0 Å². The highest BCUT2D eigenvalue weighted by molar-refractivity contribution is 7.92. The number of sulfonamides is 1. The lowest BCUT2D eigenvalue weighted by Crippen LogP contribution is -2.16. The average Bonchev–Trinajstić information content (AvgIpc) is 2.55. The van der Waals surface area contributed by atoms with Crippen LogP contribution < -0.4 is 9.46 Å². The topological polar surface area (TPSA) is 55.4 Å². The van der Waals surface area contributed by atoms with Crippen molar-refractivity contribution >= 4 is 15.7 Å². The van der Waals surface area contributed by atoms with E-state index in [0.29, 0.717) is 24.8 Å². The van der Waals surface area contributed by atoms with E-state index in [0.717, 1.165) is 18.1 Å². The van der Waals surface area contributed by atoms with Crippen LogP contribution in [-0.4, -0.2) is 15.0 Å². The van der Waals surface area contributed by atoms with E-state index < -0.39 is 33.2 Å². The van der Waals surface area contributed by atoms with Crippen LogP contribution in [-0.2, 0) is 16.4 Å². The Balaban J connectivity index is 1.95. The molecule has 122 valence electrons. The number of rotatable bonds is 3. The first-order valence-corrected chi connectivity index (χ1v) is 8.29. The van der Waals surface area contributed by atoms with E-state index in [1.807, 2.05) is 4.72 Å². The fourth-order valence-electron chi connectivity index (χ4n) is 2.31. The lowest BCUT2D eigenvalue weighted by atomic mass is 10.1. The number of benzene rings is 2. The third kappa shape index (κ3) is 2.98. The minimum Gasteiger partial charge on any atom is -0.493 e. The van der Waals surface area contributed by atoms with E-state index in [4.69, 9.17) is 4.74 Å². The molecule has 0 spiro atoms. The van der Waals surface area contributed by atoms with Crippen LogP contribution >= 0.6 is 0 Å². The first-order valence-electron chi connectivity index (χ1n) is 6.80. The van der Waals surface area contributed by atoms with Gasteiger partial charge >= 0.3 is 0 Å². The molecule has 1 heterocycles. The Hall–Kier alpha value is -2.22. The van der Waals surface area contributed by atoms with E-state index >= 15 is 0 Å². The molecule has 1 aliphatic rings. The summed E-state index contributed by atoms with van der Waals surface area (Å²) < 4.78 is 71.6. The number of aryl methyl sites for hydroxylation is 1. The lowest BCUT2D eigenvalue weighted by Gasteiger charge is -2.18. The molecule has 0 saturated carbocycles. The van der Waals surface area contributed by atoms with E-state index in [2.05, 4.69) is 0 Å². The molecule has 2 aromatic carbocycles. The van der Waals surface area contributed by atoms with Crippen molar-refractivity contribution in [2.45, 2.75) is 17.7 Å². The van der Waals surface area contributed by atoms with Crippen molar-refractivity contribution in [2.75, 3.05) is 11.3 Å². The maximum absolute atomic E-state index is 13.6. The van der Waals surface area contributed by atoms with Crippen molar-refractivity contribution in [3.8, 4) is 5.75 Å². The molecule has 8 heteroatoms. The van der Waals surface area contributed by atoms with Gasteiger partial charge in [-0.3, -0.25) is 4.72 Å². The number of anilines is 1. The van der Waals surface area contributed by atoms with Crippen molar-refractivity contribution in [1.82, 2.24) is 0 Å². The van der Waals surface area contributed by atoms with Gasteiger partial charge in [-0.05, 0) is 48.7 Å². The van der Waals surface area contributed by atoms with Crippen LogP contribution in [0.15, 0.2) is 35.2 Å². The Labute approximate surface area is 130 Å². The second-order valence-electron chi connectivity index (χ2n) is 5.05. The molecular formula is C15H12F3NO3S. The number of ether oxygens (including phenoxy) is 1. The van der Waals surface area contributed by atoms with Gasteiger partial charge in [-0.2, -0.15) is 0 Å². The Morgan fingerprint density at radius 1 is 1.04 bits per heavy atom. The van der Waals surface area contributed by atoms with Crippen LogP contribution in [0.25, 0.3) is 0 Å². The Morgan fingerprint density at radius 2 is 1.83 bits per heavy atom. The molecule has 4 nitrogen and oxygen atoms in total. The summed E-state index contributed by atoms with van der Waals surface area (Å²) >= 11 is 0. The summed E-state index contributed by atoms with van der Waals surface area (Å²) in [6.45, 7) is 0.567. The molecule has 0 unspecified atom stereocenters. The highest BCUT2D eigenvalue weighted by Gasteiger charge is 2.22. The number of hydrogen-bond donors (Lipinski definition) is 1. The molecule has 3 rings (SSSR count). The van der Waals surface area contributed by atoms with E-state index in [-0.39, 0.29) is 4.90 Å². The average molecular weight is 343 g/mol. The Morgan fingerprint density at radius 3 is 2.61 bits per heavy atom. The van der Waals surface area contributed by atoms with Gasteiger partial charge < -0.3 is 4.74 Å². The van der Waals surface area contributed by atoms with Gasteiger partial charge in [0.2, 0.25) is 0 Å².